The van der Waals surface area contributed by atoms with Crippen molar-refractivity contribution < 1.29 is 14.6 Å². The van der Waals surface area contributed by atoms with Crippen molar-refractivity contribution in [3.63, 3.8) is 0 Å². The van der Waals surface area contributed by atoms with Crippen LogP contribution in [0.5, 0.6) is 0 Å². The average Bonchev–Trinajstić information content (AvgIpc) is 3.14. The van der Waals surface area contributed by atoms with E-state index in [1.165, 1.54) is 11.7 Å². The normalized spacial score (nSPS) is 23.3. The van der Waals surface area contributed by atoms with Crippen LogP contribution in [0.3, 0.4) is 0 Å². The number of nitrogens with one attached hydrogen (secondary N) is 1. The Morgan fingerprint density at radius 3 is 2.64 bits per heavy atom. The number of aliphatic hydroxyl groups is 1. The Labute approximate surface area is 151 Å². The van der Waals surface area contributed by atoms with Crippen LogP contribution in [0.25, 0.3) is 0 Å². The van der Waals surface area contributed by atoms with E-state index in [9.17, 15) is 14.7 Å². The lowest BCUT2D eigenvalue weighted by Gasteiger charge is -2.29. The molecule has 7 nitrogen and oxygen atoms in total. The van der Waals surface area contributed by atoms with Gasteiger partial charge in [0, 0.05) is 5.41 Å². The molecular weight excluding hydrogens is 346 g/mol. The molecule has 1 saturated carbocycles. The zero-order valence-corrected chi connectivity index (χ0v) is 15.5. The van der Waals surface area contributed by atoms with Crippen molar-refractivity contribution in [2.75, 3.05) is 19.0 Å². The smallest absolute Gasteiger partial charge is 0.329 e. The van der Waals surface area contributed by atoms with Gasteiger partial charge in [-0.3, -0.25) is 9.36 Å². The van der Waals surface area contributed by atoms with Crippen molar-refractivity contribution >= 4 is 23.4 Å². The van der Waals surface area contributed by atoms with E-state index < -0.39 is 28.5 Å². The van der Waals surface area contributed by atoms with Crippen molar-refractivity contribution in [2.24, 2.45) is 0 Å². The first-order valence-electron chi connectivity index (χ1n) is 8.54. The molecule has 1 aliphatic heterocycles. The third kappa shape index (κ3) is 2.93. The summed E-state index contributed by atoms with van der Waals surface area (Å²) in [7, 11) is 1.31. The summed E-state index contributed by atoms with van der Waals surface area (Å²) in [6.45, 7) is 3.77. The van der Waals surface area contributed by atoms with Crippen molar-refractivity contribution in [1.82, 2.24) is 9.55 Å². The highest BCUT2D eigenvalue weighted by atomic mass is 35.5. The van der Waals surface area contributed by atoms with Crippen LogP contribution in [0.15, 0.2) is 4.79 Å². The summed E-state index contributed by atoms with van der Waals surface area (Å²) < 4.78 is 6.28. The van der Waals surface area contributed by atoms with Gasteiger partial charge in [-0.25, -0.2) is 9.78 Å². The maximum atomic E-state index is 13.1. The predicted octanol–water partition coefficient (Wildman–Crippen LogP) is 2.01. The molecule has 1 aromatic rings. The molecule has 0 unspecified atom stereocenters. The topological polar surface area (TPSA) is 93.5 Å². The first-order valence-corrected chi connectivity index (χ1v) is 8.92. The van der Waals surface area contributed by atoms with E-state index in [1.807, 2.05) is 13.8 Å². The van der Waals surface area contributed by atoms with Gasteiger partial charge in [-0.05, 0) is 19.3 Å². The minimum atomic E-state index is -0.725. The molecule has 0 amide bonds. The monoisotopic (exact) mass is 369 g/mol. The summed E-state index contributed by atoms with van der Waals surface area (Å²) in [4.78, 5) is 29.5. The Bertz CT molecular complexity index is 753. The van der Waals surface area contributed by atoms with Crippen LogP contribution in [-0.4, -0.2) is 39.9 Å². The number of nitrogens with zero attached hydrogens (tertiary/aromatic N) is 2. The second-order valence-corrected chi connectivity index (χ2v) is 8.03. The van der Waals surface area contributed by atoms with Gasteiger partial charge in [0.15, 0.2) is 11.0 Å². The van der Waals surface area contributed by atoms with Gasteiger partial charge in [-0.2, -0.15) is 0 Å². The Morgan fingerprint density at radius 1 is 1.44 bits per heavy atom. The van der Waals surface area contributed by atoms with E-state index in [-0.39, 0.29) is 17.6 Å². The van der Waals surface area contributed by atoms with Crippen molar-refractivity contribution in [1.29, 1.82) is 0 Å². The lowest BCUT2D eigenvalue weighted by atomic mass is 9.87. The number of anilines is 1. The Kier molecular flexibility index (Phi) is 4.58. The number of carbonyl (C=O) groups is 1. The summed E-state index contributed by atoms with van der Waals surface area (Å²) >= 11 is 6.39. The molecule has 0 radical (unpaired) electrons. The highest BCUT2D eigenvalue weighted by Gasteiger charge is 2.45. The first kappa shape index (κ1) is 18.2. The molecule has 8 heteroatoms. The Morgan fingerprint density at radius 2 is 2.08 bits per heavy atom. The fourth-order valence-electron chi connectivity index (χ4n) is 4.12. The molecule has 1 atom stereocenters. The molecule has 25 heavy (non-hydrogen) atoms. The lowest BCUT2D eigenvalue weighted by molar-refractivity contribution is -0.144. The van der Waals surface area contributed by atoms with Gasteiger partial charge in [0.05, 0.1) is 24.9 Å². The highest BCUT2D eigenvalue weighted by molar-refractivity contribution is 6.30. The van der Waals surface area contributed by atoms with E-state index >= 15 is 0 Å². The highest BCUT2D eigenvalue weighted by Crippen LogP contribution is 2.43. The van der Waals surface area contributed by atoms with E-state index in [0.717, 1.165) is 25.7 Å². The molecule has 3 rings (SSSR count). The molecule has 0 saturated heterocycles. The maximum Gasteiger partial charge on any atom is 0.329 e. The summed E-state index contributed by atoms with van der Waals surface area (Å²) in [6, 6.07) is -0.725. The fraction of sp³-hybridized carbons (Fsp3) is 0.706. The van der Waals surface area contributed by atoms with E-state index in [4.69, 9.17) is 16.3 Å². The number of ether oxygens (including phenoxy) is 1. The summed E-state index contributed by atoms with van der Waals surface area (Å²) in [5.41, 5.74) is -0.883. The van der Waals surface area contributed by atoms with Crippen molar-refractivity contribution in [2.45, 2.75) is 62.9 Å². The number of aliphatic hydroxyl groups excluding tert-OH is 1. The fourth-order valence-corrected chi connectivity index (χ4v) is 4.55. The number of carbonyl (C=O) groups excluding carboxylic acids is 1. The zero-order valence-electron chi connectivity index (χ0n) is 14.8. The van der Waals surface area contributed by atoms with Gasteiger partial charge in [-0.15, -0.1) is 0 Å². The minimum Gasteiger partial charge on any atom is -0.467 e. The number of aromatic nitrogens is 2. The zero-order chi connectivity index (χ0) is 18.4. The van der Waals surface area contributed by atoms with Crippen LogP contribution in [0.2, 0.25) is 5.15 Å². The van der Waals surface area contributed by atoms with E-state index in [1.54, 1.807) is 0 Å². The van der Waals surface area contributed by atoms with Crippen LogP contribution < -0.4 is 10.9 Å². The number of methoxy groups -OCH3 is 1. The van der Waals surface area contributed by atoms with E-state index in [2.05, 4.69) is 10.3 Å². The molecular formula is C17H24ClN3O4. The molecule has 1 fully saturated rings. The minimum absolute atomic E-state index is 0.0799. The number of halogens is 1. The Hall–Kier alpha value is -1.60. The summed E-state index contributed by atoms with van der Waals surface area (Å²) in [6.07, 6.45) is 3.90. The number of hydrogen-bond acceptors (Lipinski definition) is 6. The first-order chi connectivity index (χ1) is 11.7. The second kappa shape index (κ2) is 6.29. The second-order valence-electron chi connectivity index (χ2n) is 7.67. The molecule has 1 aromatic heterocycles. The third-order valence-electron chi connectivity index (χ3n) is 5.44. The van der Waals surface area contributed by atoms with Crippen LogP contribution in [0, 0.1) is 0 Å². The molecule has 0 aromatic carbocycles. The van der Waals surface area contributed by atoms with Gasteiger partial charge in [0.1, 0.15) is 6.04 Å². The Balaban J connectivity index is 2.11. The molecule has 2 aliphatic rings. The maximum absolute atomic E-state index is 13.1. The molecule has 138 valence electrons. The van der Waals surface area contributed by atoms with Crippen LogP contribution >= 0.6 is 11.6 Å². The van der Waals surface area contributed by atoms with Gasteiger partial charge in [-0.1, -0.05) is 38.3 Å². The number of hydrogen-bond donors (Lipinski definition) is 2. The summed E-state index contributed by atoms with van der Waals surface area (Å²) in [5.74, 6) is -0.392. The van der Waals surface area contributed by atoms with Gasteiger partial charge >= 0.3 is 5.97 Å². The SMILES string of the molecule is COC(=O)[C@@H]1CC(C)(C)c2c(Cl)nc(NC3(CO)CCCC3)c(=O)n21. The van der Waals surface area contributed by atoms with Crippen LogP contribution in [0.4, 0.5) is 5.82 Å². The average molecular weight is 370 g/mol. The van der Waals surface area contributed by atoms with Crippen LogP contribution in [0.1, 0.15) is 57.7 Å². The molecule has 0 bridgehead atoms. The van der Waals surface area contributed by atoms with Crippen LogP contribution in [-0.2, 0) is 14.9 Å². The molecule has 2 heterocycles. The number of rotatable bonds is 4. The molecule has 2 N–H and O–H groups in total. The van der Waals surface area contributed by atoms with Gasteiger partial charge < -0.3 is 15.2 Å². The van der Waals surface area contributed by atoms with E-state index in [0.29, 0.717) is 12.1 Å². The molecule has 1 aliphatic carbocycles. The largest absolute Gasteiger partial charge is 0.467 e. The standard InChI is InChI=1S/C17H24ClN3O4/c1-16(2)8-10(15(24)25-3)21-11(16)12(18)19-13(14(21)23)20-17(9-22)6-4-5-7-17/h10,22H,4-9H2,1-3H3,(H,19,20)/t10-/m0/s1. The van der Waals surface area contributed by atoms with Gasteiger partial charge in [0.2, 0.25) is 0 Å². The number of fused-ring (bicyclic) bond motifs is 1. The lowest BCUT2D eigenvalue weighted by Crippen LogP contribution is -2.43. The third-order valence-corrected chi connectivity index (χ3v) is 5.71. The quantitative estimate of drug-likeness (QED) is 0.788. The number of esters is 1. The summed E-state index contributed by atoms with van der Waals surface area (Å²) in [5, 5.41) is 13.1. The van der Waals surface area contributed by atoms with Crippen molar-refractivity contribution in [3.8, 4) is 0 Å². The van der Waals surface area contributed by atoms with Gasteiger partial charge in [0.25, 0.3) is 5.56 Å². The molecule has 0 spiro atoms. The predicted molar refractivity (Wildman–Crippen MR) is 94.1 cm³/mol. The van der Waals surface area contributed by atoms with Crippen molar-refractivity contribution in [3.05, 3.63) is 21.2 Å².